The van der Waals surface area contributed by atoms with Gasteiger partial charge in [0.25, 0.3) is 5.91 Å². The number of aromatic nitrogens is 4. The Bertz CT molecular complexity index is 1220. The first-order valence-electron chi connectivity index (χ1n) is 10.8. The van der Waals surface area contributed by atoms with Gasteiger partial charge in [0.15, 0.2) is 12.4 Å². The van der Waals surface area contributed by atoms with Crippen molar-refractivity contribution in [2.45, 2.75) is 25.5 Å². The molecular formula is C25H23N5O3. The van der Waals surface area contributed by atoms with Crippen molar-refractivity contribution in [1.82, 2.24) is 20.2 Å². The molecule has 166 valence electrons. The number of benzene rings is 3. The second kappa shape index (κ2) is 9.52. The largest absolute Gasteiger partial charge is 0.489 e. The highest BCUT2D eigenvalue weighted by molar-refractivity contribution is 5.92. The second-order valence-corrected chi connectivity index (χ2v) is 7.84. The molecule has 1 amide bonds. The normalized spacial score (nSPS) is 12.8. The van der Waals surface area contributed by atoms with E-state index in [0.717, 1.165) is 29.7 Å². The molecule has 5 rings (SSSR count). The third-order valence-electron chi connectivity index (χ3n) is 5.23. The summed E-state index contributed by atoms with van der Waals surface area (Å²) in [5, 5.41) is 14.9. The minimum Gasteiger partial charge on any atom is -0.489 e. The van der Waals surface area contributed by atoms with Crippen LogP contribution in [0.5, 0.6) is 11.5 Å². The van der Waals surface area contributed by atoms with Crippen molar-refractivity contribution in [2.75, 3.05) is 11.9 Å². The minimum atomic E-state index is -0.252. The van der Waals surface area contributed by atoms with E-state index < -0.39 is 0 Å². The molecular weight excluding hydrogens is 418 g/mol. The Balaban J connectivity index is 1.13. The molecule has 1 aromatic heterocycles. The van der Waals surface area contributed by atoms with Crippen molar-refractivity contribution < 1.29 is 14.3 Å². The molecule has 1 N–H and O–H groups in total. The molecule has 33 heavy (non-hydrogen) atoms. The summed E-state index contributed by atoms with van der Waals surface area (Å²) in [5.41, 5.74) is 2.62. The molecule has 4 aromatic rings. The Labute approximate surface area is 191 Å². The summed E-state index contributed by atoms with van der Waals surface area (Å²) in [6, 6.07) is 25.0. The molecule has 0 bridgehead atoms. The maximum atomic E-state index is 12.4. The summed E-state index contributed by atoms with van der Waals surface area (Å²) in [4.78, 5) is 12.4. The lowest BCUT2D eigenvalue weighted by molar-refractivity contribution is -0.118. The van der Waals surface area contributed by atoms with Crippen LogP contribution >= 0.6 is 0 Å². The zero-order chi connectivity index (χ0) is 22.5. The van der Waals surface area contributed by atoms with E-state index >= 15 is 0 Å². The molecule has 1 saturated carbocycles. The number of carbonyl (C=O) groups is 1. The average Bonchev–Trinajstić information content (AvgIpc) is 3.59. The van der Waals surface area contributed by atoms with Gasteiger partial charge in [0.1, 0.15) is 18.1 Å². The summed E-state index contributed by atoms with van der Waals surface area (Å²) in [7, 11) is 0. The van der Waals surface area contributed by atoms with E-state index in [1.807, 2.05) is 71.4 Å². The fraction of sp³-hybridized carbons (Fsp3) is 0.200. The van der Waals surface area contributed by atoms with Gasteiger partial charge in [-0.2, -0.15) is 0 Å². The number of hydrogen-bond donors (Lipinski definition) is 1. The Morgan fingerprint density at radius 3 is 2.45 bits per heavy atom. The second-order valence-electron chi connectivity index (χ2n) is 7.84. The van der Waals surface area contributed by atoms with Gasteiger partial charge >= 0.3 is 0 Å². The average molecular weight is 441 g/mol. The molecule has 1 heterocycles. The predicted molar refractivity (Wildman–Crippen MR) is 123 cm³/mol. The van der Waals surface area contributed by atoms with E-state index in [-0.39, 0.29) is 12.5 Å². The zero-order valence-electron chi connectivity index (χ0n) is 17.9. The van der Waals surface area contributed by atoms with Gasteiger partial charge in [0.05, 0.1) is 6.04 Å². The fourth-order valence-corrected chi connectivity index (χ4v) is 3.40. The van der Waals surface area contributed by atoms with Gasteiger partial charge in [-0.1, -0.05) is 42.5 Å². The van der Waals surface area contributed by atoms with Gasteiger partial charge in [-0.3, -0.25) is 4.79 Å². The minimum absolute atomic E-state index is 0.103. The van der Waals surface area contributed by atoms with Crippen LogP contribution in [0.25, 0.3) is 11.4 Å². The van der Waals surface area contributed by atoms with Crippen LogP contribution in [0.3, 0.4) is 0 Å². The van der Waals surface area contributed by atoms with E-state index in [9.17, 15) is 4.79 Å². The number of tetrazole rings is 1. The summed E-state index contributed by atoms with van der Waals surface area (Å²) >= 11 is 0. The highest BCUT2D eigenvalue weighted by Gasteiger charge is 2.28. The van der Waals surface area contributed by atoms with Crippen molar-refractivity contribution in [3.8, 4) is 22.9 Å². The van der Waals surface area contributed by atoms with Crippen molar-refractivity contribution in [3.63, 3.8) is 0 Å². The molecule has 8 heteroatoms. The van der Waals surface area contributed by atoms with Crippen LogP contribution in [-0.4, -0.2) is 32.7 Å². The summed E-state index contributed by atoms with van der Waals surface area (Å²) in [6.45, 7) is 0.393. The van der Waals surface area contributed by atoms with Crippen LogP contribution in [0.1, 0.15) is 24.4 Å². The first-order valence-corrected chi connectivity index (χ1v) is 10.8. The highest BCUT2D eigenvalue weighted by atomic mass is 16.5. The van der Waals surface area contributed by atoms with Gasteiger partial charge in [-0.15, -0.1) is 5.10 Å². The zero-order valence-corrected chi connectivity index (χ0v) is 17.9. The number of hydrogen-bond acceptors (Lipinski definition) is 6. The van der Waals surface area contributed by atoms with Crippen molar-refractivity contribution >= 4 is 11.6 Å². The first kappa shape index (κ1) is 20.7. The van der Waals surface area contributed by atoms with Crippen LogP contribution in [-0.2, 0) is 11.4 Å². The van der Waals surface area contributed by atoms with Crippen LogP contribution in [0.15, 0.2) is 78.9 Å². The van der Waals surface area contributed by atoms with Crippen LogP contribution in [0.2, 0.25) is 0 Å². The number of anilines is 1. The van der Waals surface area contributed by atoms with Gasteiger partial charge < -0.3 is 14.8 Å². The maximum Gasteiger partial charge on any atom is 0.262 e. The molecule has 0 saturated heterocycles. The lowest BCUT2D eigenvalue weighted by atomic mass is 10.2. The van der Waals surface area contributed by atoms with Crippen LogP contribution < -0.4 is 14.8 Å². The summed E-state index contributed by atoms with van der Waals surface area (Å²) in [5.74, 6) is 1.79. The highest BCUT2D eigenvalue weighted by Crippen LogP contribution is 2.36. The van der Waals surface area contributed by atoms with Gasteiger partial charge in [-0.05, 0) is 65.2 Å². The molecule has 3 aromatic carbocycles. The predicted octanol–water partition coefficient (Wildman–Crippen LogP) is 4.27. The third-order valence-corrected chi connectivity index (χ3v) is 5.23. The topological polar surface area (TPSA) is 91.2 Å². The Hall–Kier alpha value is -4.20. The van der Waals surface area contributed by atoms with E-state index in [1.165, 1.54) is 0 Å². The van der Waals surface area contributed by atoms with Crippen molar-refractivity contribution in [3.05, 3.63) is 84.4 Å². The molecule has 1 fully saturated rings. The summed E-state index contributed by atoms with van der Waals surface area (Å²) < 4.78 is 13.2. The monoisotopic (exact) mass is 441 g/mol. The van der Waals surface area contributed by atoms with Gasteiger partial charge in [-0.25, -0.2) is 4.68 Å². The lowest BCUT2D eigenvalue weighted by Crippen LogP contribution is -2.20. The van der Waals surface area contributed by atoms with E-state index in [1.54, 1.807) is 12.1 Å². The molecule has 8 nitrogen and oxygen atoms in total. The Morgan fingerprint density at radius 2 is 1.70 bits per heavy atom. The van der Waals surface area contributed by atoms with Gasteiger partial charge in [0.2, 0.25) is 0 Å². The third kappa shape index (κ3) is 5.35. The number of nitrogens with zero attached hydrogens (tertiary/aromatic N) is 4. The fourth-order valence-electron chi connectivity index (χ4n) is 3.40. The molecule has 1 aliphatic rings. The molecule has 0 aliphatic heterocycles. The van der Waals surface area contributed by atoms with E-state index in [0.29, 0.717) is 29.9 Å². The number of nitrogens with one attached hydrogen (secondary N) is 1. The van der Waals surface area contributed by atoms with Crippen LogP contribution in [0.4, 0.5) is 5.69 Å². The maximum absolute atomic E-state index is 12.4. The van der Waals surface area contributed by atoms with E-state index in [4.69, 9.17) is 9.47 Å². The van der Waals surface area contributed by atoms with Crippen molar-refractivity contribution in [2.24, 2.45) is 0 Å². The number of rotatable bonds is 9. The van der Waals surface area contributed by atoms with Gasteiger partial charge in [0, 0.05) is 11.3 Å². The molecule has 1 aliphatic carbocycles. The molecule has 0 unspecified atom stereocenters. The van der Waals surface area contributed by atoms with Crippen molar-refractivity contribution in [1.29, 1.82) is 0 Å². The number of amides is 1. The standard InChI is InChI=1S/C25H23N5O3/c31-24(17-33-23-13-11-22(12-14-23)32-16-18-5-2-1-3-6-18)26-20-8-4-7-19(15-20)25-27-28-29-30(25)21-9-10-21/h1-8,11-15,21H,9-10,16-17H2,(H,26,31). The lowest BCUT2D eigenvalue weighted by Gasteiger charge is -2.10. The Kier molecular flexibility index (Phi) is 5.97. The van der Waals surface area contributed by atoms with Crippen LogP contribution in [0, 0.1) is 0 Å². The molecule has 0 atom stereocenters. The molecule has 0 radical (unpaired) electrons. The first-order chi connectivity index (χ1) is 16.2. The number of ether oxygens (including phenoxy) is 2. The SMILES string of the molecule is O=C(COc1ccc(OCc2ccccc2)cc1)Nc1cccc(-c2nnnn2C2CC2)c1. The summed E-state index contributed by atoms with van der Waals surface area (Å²) in [6.07, 6.45) is 2.18. The Morgan fingerprint density at radius 1 is 0.939 bits per heavy atom. The molecule has 0 spiro atoms. The van der Waals surface area contributed by atoms with E-state index in [2.05, 4.69) is 20.8 Å². The quantitative estimate of drug-likeness (QED) is 0.417. The smallest absolute Gasteiger partial charge is 0.262 e. The number of carbonyl (C=O) groups excluding carboxylic acids is 1.